The van der Waals surface area contributed by atoms with Crippen LogP contribution in [0.1, 0.15) is 20.8 Å². The third-order valence-electron chi connectivity index (χ3n) is 1.61. The van der Waals surface area contributed by atoms with Gasteiger partial charge in [-0.05, 0) is 32.9 Å². The number of nitrogens with two attached hydrogens (primary N) is 1. The van der Waals surface area contributed by atoms with Crippen LogP contribution in [0, 0.1) is 0 Å². The molecule has 0 aliphatic carbocycles. The quantitative estimate of drug-likeness (QED) is 0.485. The minimum absolute atomic E-state index is 0.0820. The van der Waals surface area contributed by atoms with Crippen LogP contribution in [0.25, 0.3) is 0 Å². The van der Waals surface area contributed by atoms with Crippen molar-refractivity contribution in [3.8, 4) is 0 Å². The molecule has 0 aliphatic rings. The lowest BCUT2D eigenvalue weighted by molar-refractivity contribution is 0.583. The molecule has 0 bridgehead atoms. The summed E-state index contributed by atoms with van der Waals surface area (Å²) in [6, 6.07) is 10.2. The van der Waals surface area contributed by atoms with Crippen LogP contribution in [-0.4, -0.2) is 17.1 Å². The zero-order valence-corrected chi connectivity index (χ0v) is 10.3. The molecule has 2 N–H and O–H groups in total. The number of thioether (sulfide) groups is 1. The predicted molar refractivity (Wildman–Crippen MR) is 68.5 cm³/mol. The molecule has 15 heavy (non-hydrogen) atoms. The Morgan fingerprint density at radius 1 is 1.27 bits per heavy atom. The van der Waals surface area contributed by atoms with Gasteiger partial charge >= 0.3 is 0 Å². The van der Waals surface area contributed by atoms with E-state index in [2.05, 4.69) is 17.1 Å². The van der Waals surface area contributed by atoms with Crippen molar-refractivity contribution in [2.24, 2.45) is 10.7 Å². The fraction of sp³-hybridized carbons (Fsp3) is 0.417. The first kappa shape index (κ1) is 12.1. The molecule has 82 valence electrons. The van der Waals surface area contributed by atoms with Gasteiger partial charge in [0, 0.05) is 4.90 Å². The van der Waals surface area contributed by atoms with Crippen molar-refractivity contribution < 1.29 is 0 Å². The molecule has 1 aromatic rings. The molecule has 0 saturated heterocycles. The summed E-state index contributed by atoms with van der Waals surface area (Å²) in [4.78, 5) is 5.62. The van der Waals surface area contributed by atoms with Crippen LogP contribution in [0.5, 0.6) is 0 Å². The predicted octanol–water partition coefficient (Wildman–Crippen LogP) is 2.93. The van der Waals surface area contributed by atoms with Crippen LogP contribution in [0.15, 0.2) is 40.2 Å². The summed E-state index contributed by atoms with van der Waals surface area (Å²) in [6.07, 6.45) is 0. The van der Waals surface area contributed by atoms with E-state index < -0.39 is 0 Å². The number of hydrogen-bond donors (Lipinski definition) is 1. The van der Waals surface area contributed by atoms with E-state index in [1.165, 1.54) is 4.90 Å². The van der Waals surface area contributed by atoms with Gasteiger partial charge in [-0.15, -0.1) is 11.8 Å². The van der Waals surface area contributed by atoms with Gasteiger partial charge in [0.25, 0.3) is 0 Å². The lowest BCUT2D eigenvalue weighted by Gasteiger charge is -2.13. The molecule has 0 fully saturated rings. The minimum Gasteiger partial charge on any atom is -0.387 e. The van der Waals surface area contributed by atoms with Crippen molar-refractivity contribution >= 4 is 17.6 Å². The largest absolute Gasteiger partial charge is 0.387 e. The van der Waals surface area contributed by atoms with Gasteiger partial charge in [-0.3, -0.25) is 4.99 Å². The molecule has 1 rings (SSSR count). The fourth-order valence-corrected chi connectivity index (χ4v) is 1.87. The Morgan fingerprint density at radius 3 is 2.40 bits per heavy atom. The second kappa shape index (κ2) is 5.21. The van der Waals surface area contributed by atoms with E-state index in [0.29, 0.717) is 5.84 Å². The maximum Gasteiger partial charge on any atom is 0.105 e. The Balaban J connectivity index is 2.48. The van der Waals surface area contributed by atoms with Gasteiger partial charge in [-0.1, -0.05) is 18.2 Å². The van der Waals surface area contributed by atoms with E-state index in [9.17, 15) is 0 Å². The Hall–Kier alpha value is -0.960. The van der Waals surface area contributed by atoms with E-state index >= 15 is 0 Å². The van der Waals surface area contributed by atoms with Gasteiger partial charge in [-0.25, -0.2) is 0 Å². The molecule has 0 atom stereocenters. The number of nitrogens with zero attached hydrogens (tertiary/aromatic N) is 1. The molecule has 0 aliphatic heterocycles. The minimum atomic E-state index is -0.0820. The first-order chi connectivity index (χ1) is 6.97. The van der Waals surface area contributed by atoms with Crippen molar-refractivity contribution in [2.75, 3.05) is 5.75 Å². The van der Waals surface area contributed by atoms with Crippen LogP contribution >= 0.6 is 11.8 Å². The highest BCUT2D eigenvalue weighted by molar-refractivity contribution is 8.00. The van der Waals surface area contributed by atoms with Crippen LogP contribution in [0.3, 0.4) is 0 Å². The van der Waals surface area contributed by atoms with Crippen molar-refractivity contribution in [1.82, 2.24) is 0 Å². The first-order valence-electron chi connectivity index (χ1n) is 4.99. The van der Waals surface area contributed by atoms with Crippen LogP contribution < -0.4 is 5.73 Å². The molecule has 2 nitrogen and oxygen atoms in total. The second-order valence-electron chi connectivity index (χ2n) is 4.38. The van der Waals surface area contributed by atoms with Gasteiger partial charge in [0.15, 0.2) is 0 Å². The number of hydrogen-bond acceptors (Lipinski definition) is 2. The Bertz CT molecular complexity index is 325. The molecular formula is C12H18N2S. The van der Waals surface area contributed by atoms with Crippen LogP contribution in [0.2, 0.25) is 0 Å². The van der Waals surface area contributed by atoms with Gasteiger partial charge < -0.3 is 5.73 Å². The van der Waals surface area contributed by atoms with E-state index in [1.54, 1.807) is 11.8 Å². The zero-order valence-electron chi connectivity index (χ0n) is 9.53. The number of aliphatic imine (C=N–C) groups is 1. The van der Waals surface area contributed by atoms with Crippen LogP contribution in [0.4, 0.5) is 0 Å². The van der Waals surface area contributed by atoms with E-state index in [4.69, 9.17) is 5.73 Å². The summed E-state index contributed by atoms with van der Waals surface area (Å²) in [7, 11) is 0. The van der Waals surface area contributed by atoms with E-state index in [-0.39, 0.29) is 5.54 Å². The second-order valence-corrected chi connectivity index (χ2v) is 5.42. The Labute approximate surface area is 96.0 Å². The molecule has 0 unspecified atom stereocenters. The molecule has 0 amide bonds. The van der Waals surface area contributed by atoms with Crippen molar-refractivity contribution in [3.63, 3.8) is 0 Å². The summed E-state index contributed by atoms with van der Waals surface area (Å²) >= 11 is 1.71. The summed E-state index contributed by atoms with van der Waals surface area (Å²) in [5.74, 6) is 1.46. The third kappa shape index (κ3) is 5.47. The highest BCUT2D eigenvalue weighted by atomic mass is 32.2. The normalized spacial score (nSPS) is 12.9. The first-order valence-corrected chi connectivity index (χ1v) is 5.98. The summed E-state index contributed by atoms with van der Waals surface area (Å²) in [5, 5.41) is 0. The van der Waals surface area contributed by atoms with Gasteiger partial charge in [0.1, 0.15) is 5.84 Å². The van der Waals surface area contributed by atoms with Crippen molar-refractivity contribution in [3.05, 3.63) is 30.3 Å². The zero-order chi connectivity index (χ0) is 11.3. The standard InChI is InChI=1S/C12H18N2S/c1-12(2,3)14-11(13)9-15-10-7-5-4-6-8-10/h4-8H,9H2,1-3H3,(H2,13,14). The smallest absolute Gasteiger partial charge is 0.105 e. The van der Waals surface area contributed by atoms with E-state index in [0.717, 1.165) is 5.75 Å². The molecule has 0 saturated carbocycles. The highest BCUT2D eigenvalue weighted by Gasteiger charge is 2.07. The third-order valence-corrected chi connectivity index (χ3v) is 2.65. The van der Waals surface area contributed by atoms with Crippen molar-refractivity contribution in [1.29, 1.82) is 0 Å². The Morgan fingerprint density at radius 2 is 1.87 bits per heavy atom. The molecule has 0 spiro atoms. The molecule has 3 heteroatoms. The number of benzene rings is 1. The van der Waals surface area contributed by atoms with Gasteiger partial charge in [0.2, 0.25) is 0 Å². The average Bonchev–Trinajstić information content (AvgIpc) is 2.14. The molecule has 1 aromatic carbocycles. The fourth-order valence-electron chi connectivity index (χ4n) is 1.14. The monoisotopic (exact) mass is 222 g/mol. The molecular weight excluding hydrogens is 204 g/mol. The highest BCUT2D eigenvalue weighted by Crippen LogP contribution is 2.17. The summed E-state index contributed by atoms with van der Waals surface area (Å²) in [6.45, 7) is 6.15. The summed E-state index contributed by atoms with van der Waals surface area (Å²) < 4.78 is 0. The number of rotatable bonds is 3. The lowest BCUT2D eigenvalue weighted by Crippen LogP contribution is -2.22. The van der Waals surface area contributed by atoms with Crippen molar-refractivity contribution in [2.45, 2.75) is 31.2 Å². The van der Waals surface area contributed by atoms with Gasteiger partial charge in [0.05, 0.1) is 11.3 Å². The van der Waals surface area contributed by atoms with Gasteiger partial charge in [-0.2, -0.15) is 0 Å². The maximum atomic E-state index is 5.84. The Kier molecular flexibility index (Phi) is 4.21. The maximum absolute atomic E-state index is 5.84. The lowest BCUT2D eigenvalue weighted by atomic mass is 10.1. The number of amidine groups is 1. The SMILES string of the molecule is CC(C)(C)N=C(N)CSc1ccccc1. The molecule has 0 heterocycles. The molecule has 0 aromatic heterocycles. The molecule has 0 radical (unpaired) electrons. The van der Waals surface area contributed by atoms with E-state index in [1.807, 2.05) is 39.0 Å². The summed E-state index contributed by atoms with van der Waals surface area (Å²) in [5.41, 5.74) is 5.75. The van der Waals surface area contributed by atoms with Crippen LogP contribution in [-0.2, 0) is 0 Å². The topological polar surface area (TPSA) is 38.4 Å². The average molecular weight is 222 g/mol.